The lowest BCUT2D eigenvalue weighted by Crippen LogP contribution is -2.57. The summed E-state index contributed by atoms with van der Waals surface area (Å²) >= 11 is 0. The highest BCUT2D eigenvalue weighted by Gasteiger charge is 2.40. The lowest BCUT2D eigenvalue weighted by Gasteiger charge is -2.43. The van der Waals surface area contributed by atoms with Gasteiger partial charge >= 0.3 is 0 Å². The number of nitrogens with zero attached hydrogens (tertiary/aromatic N) is 2. The first-order chi connectivity index (χ1) is 6.54. The zero-order valence-electron chi connectivity index (χ0n) is 8.73. The molecule has 5 heteroatoms. The van der Waals surface area contributed by atoms with Gasteiger partial charge in [0.1, 0.15) is 0 Å². The van der Waals surface area contributed by atoms with Gasteiger partial charge in [-0.2, -0.15) is 0 Å². The summed E-state index contributed by atoms with van der Waals surface area (Å²) in [5.41, 5.74) is 10.4. The van der Waals surface area contributed by atoms with Crippen LogP contribution >= 0.6 is 0 Å². The Balaban J connectivity index is 2.20. The number of rotatable bonds is 4. The molecule has 1 fully saturated rings. The molecule has 0 saturated carbocycles. The van der Waals surface area contributed by atoms with E-state index < -0.39 is 0 Å². The van der Waals surface area contributed by atoms with Crippen LogP contribution in [0.5, 0.6) is 0 Å². The number of carbonyl (C=O) groups is 1. The molecule has 80 valence electrons. The van der Waals surface area contributed by atoms with Crippen molar-refractivity contribution in [2.24, 2.45) is 22.4 Å². The van der Waals surface area contributed by atoms with E-state index in [0.29, 0.717) is 12.6 Å². The van der Waals surface area contributed by atoms with Gasteiger partial charge in [0.25, 0.3) is 0 Å². The molecule has 0 aromatic heterocycles. The van der Waals surface area contributed by atoms with Crippen LogP contribution in [0, 0.1) is 5.92 Å². The molecule has 0 bridgehead atoms. The number of nitrogens with two attached hydrogens (primary N) is 2. The van der Waals surface area contributed by atoms with Gasteiger partial charge in [-0.15, -0.1) is 0 Å². The van der Waals surface area contributed by atoms with Crippen LogP contribution in [0.1, 0.15) is 19.8 Å². The standard InChI is InChI=1S/C9H18N4O/c1-6-7(8(14)13(6)2)4-3-5-12-9(10)11/h6-7H,3-5H2,1-2H3,(H4,10,11,12)/t6-,7-/m1/s1. The summed E-state index contributed by atoms with van der Waals surface area (Å²) in [6, 6.07) is 0.363. The first kappa shape index (κ1) is 10.8. The molecule has 1 heterocycles. The van der Waals surface area contributed by atoms with E-state index in [-0.39, 0.29) is 17.8 Å². The highest BCUT2D eigenvalue weighted by atomic mass is 16.2. The van der Waals surface area contributed by atoms with Gasteiger partial charge in [-0.05, 0) is 19.8 Å². The van der Waals surface area contributed by atoms with Gasteiger partial charge in [-0.3, -0.25) is 9.79 Å². The van der Waals surface area contributed by atoms with Crippen LogP contribution in [0.3, 0.4) is 0 Å². The number of guanidine groups is 1. The summed E-state index contributed by atoms with van der Waals surface area (Å²) in [6.45, 7) is 2.68. The number of likely N-dealkylation sites (tertiary alicyclic amines) is 1. The minimum atomic E-state index is 0.120. The fourth-order valence-corrected chi connectivity index (χ4v) is 1.74. The summed E-state index contributed by atoms with van der Waals surface area (Å²) in [5, 5.41) is 0. The zero-order chi connectivity index (χ0) is 10.7. The van der Waals surface area contributed by atoms with Crippen molar-refractivity contribution in [3.05, 3.63) is 0 Å². The molecule has 4 N–H and O–H groups in total. The van der Waals surface area contributed by atoms with E-state index in [1.807, 2.05) is 7.05 Å². The molecule has 1 saturated heterocycles. The number of hydrogen-bond donors (Lipinski definition) is 2. The lowest BCUT2D eigenvalue weighted by atomic mass is 9.85. The second kappa shape index (κ2) is 4.30. The van der Waals surface area contributed by atoms with Crippen LogP contribution in [0.4, 0.5) is 0 Å². The highest BCUT2D eigenvalue weighted by Crippen LogP contribution is 2.28. The molecule has 14 heavy (non-hydrogen) atoms. The molecule has 1 aliphatic rings. The molecule has 0 radical (unpaired) electrons. The minimum absolute atomic E-state index is 0.120. The van der Waals surface area contributed by atoms with Crippen LogP contribution in [0.25, 0.3) is 0 Å². The number of hydrogen-bond acceptors (Lipinski definition) is 2. The van der Waals surface area contributed by atoms with E-state index in [2.05, 4.69) is 11.9 Å². The van der Waals surface area contributed by atoms with E-state index in [1.54, 1.807) is 4.90 Å². The van der Waals surface area contributed by atoms with Gasteiger partial charge in [-0.25, -0.2) is 0 Å². The van der Waals surface area contributed by atoms with Crippen LogP contribution in [-0.2, 0) is 4.79 Å². The van der Waals surface area contributed by atoms with Crippen molar-refractivity contribution in [3.63, 3.8) is 0 Å². The van der Waals surface area contributed by atoms with Crippen LogP contribution in [0.15, 0.2) is 4.99 Å². The first-order valence-corrected chi connectivity index (χ1v) is 4.86. The molecular weight excluding hydrogens is 180 g/mol. The maximum absolute atomic E-state index is 11.3. The van der Waals surface area contributed by atoms with E-state index in [0.717, 1.165) is 12.8 Å². The normalized spacial score (nSPS) is 25.9. The molecule has 0 aliphatic carbocycles. The van der Waals surface area contributed by atoms with Crippen molar-refractivity contribution in [2.75, 3.05) is 13.6 Å². The van der Waals surface area contributed by atoms with Gasteiger partial charge in [-0.1, -0.05) is 0 Å². The smallest absolute Gasteiger partial charge is 0.227 e. The largest absolute Gasteiger partial charge is 0.370 e. The monoisotopic (exact) mass is 198 g/mol. The molecule has 5 nitrogen and oxygen atoms in total. The number of carbonyl (C=O) groups excluding carboxylic acids is 1. The molecule has 0 spiro atoms. The Labute approximate surface area is 84.1 Å². The molecule has 1 amide bonds. The Hall–Kier alpha value is -1.26. The maximum atomic E-state index is 11.3. The summed E-state index contributed by atoms with van der Waals surface area (Å²) in [4.78, 5) is 17.0. The van der Waals surface area contributed by atoms with Gasteiger partial charge < -0.3 is 16.4 Å². The summed E-state index contributed by atoms with van der Waals surface area (Å²) < 4.78 is 0. The summed E-state index contributed by atoms with van der Waals surface area (Å²) in [7, 11) is 1.83. The third-order valence-electron chi connectivity index (χ3n) is 2.83. The van der Waals surface area contributed by atoms with E-state index in [9.17, 15) is 4.79 Å². The van der Waals surface area contributed by atoms with E-state index in [4.69, 9.17) is 11.5 Å². The molecule has 1 rings (SSSR count). The topological polar surface area (TPSA) is 84.7 Å². The molecule has 1 aliphatic heterocycles. The predicted octanol–water partition coefficient (Wildman–Crippen LogP) is -0.483. The number of amides is 1. The van der Waals surface area contributed by atoms with Gasteiger partial charge in [0.2, 0.25) is 5.91 Å². The van der Waals surface area contributed by atoms with Crippen molar-refractivity contribution in [3.8, 4) is 0 Å². The Morgan fingerprint density at radius 2 is 2.21 bits per heavy atom. The molecule has 2 atom stereocenters. The summed E-state index contributed by atoms with van der Waals surface area (Å²) in [6.07, 6.45) is 1.74. The third-order valence-corrected chi connectivity index (χ3v) is 2.83. The fourth-order valence-electron chi connectivity index (χ4n) is 1.74. The quantitative estimate of drug-likeness (QED) is 0.277. The Bertz CT molecular complexity index is 247. The second-order valence-electron chi connectivity index (χ2n) is 3.75. The number of β-lactam (4-membered cyclic amide) rings is 1. The molecule has 0 unspecified atom stereocenters. The zero-order valence-corrected chi connectivity index (χ0v) is 8.73. The van der Waals surface area contributed by atoms with Crippen molar-refractivity contribution < 1.29 is 4.79 Å². The van der Waals surface area contributed by atoms with Crippen molar-refractivity contribution >= 4 is 11.9 Å². The van der Waals surface area contributed by atoms with Gasteiger partial charge in [0, 0.05) is 19.6 Å². The average Bonchev–Trinajstić information content (AvgIpc) is 2.15. The van der Waals surface area contributed by atoms with Crippen molar-refractivity contribution in [1.82, 2.24) is 4.90 Å². The van der Waals surface area contributed by atoms with E-state index in [1.165, 1.54) is 0 Å². The third kappa shape index (κ3) is 2.16. The van der Waals surface area contributed by atoms with E-state index >= 15 is 0 Å². The highest BCUT2D eigenvalue weighted by molar-refractivity contribution is 5.85. The van der Waals surface area contributed by atoms with Crippen molar-refractivity contribution in [2.45, 2.75) is 25.8 Å². The van der Waals surface area contributed by atoms with Gasteiger partial charge in [0.15, 0.2) is 5.96 Å². The Morgan fingerprint density at radius 3 is 2.71 bits per heavy atom. The second-order valence-corrected chi connectivity index (χ2v) is 3.75. The molecule has 0 aromatic rings. The number of aliphatic imine (C=N–C) groups is 1. The molecular formula is C9H18N4O. The average molecular weight is 198 g/mol. The Kier molecular flexibility index (Phi) is 3.33. The van der Waals surface area contributed by atoms with Crippen LogP contribution < -0.4 is 11.5 Å². The van der Waals surface area contributed by atoms with Crippen LogP contribution in [-0.4, -0.2) is 36.4 Å². The fraction of sp³-hybridized carbons (Fsp3) is 0.778. The lowest BCUT2D eigenvalue weighted by molar-refractivity contribution is -0.152. The summed E-state index contributed by atoms with van der Waals surface area (Å²) in [5.74, 6) is 0.534. The predicted molar refractivity (Wildman–Crippen MR) is 55.6 cm³/mol. The van der Waals surface area contributed by atoms with Gasteiger partial charge in [0.05, 0.1) is 5.92 Å². The Morgan fingerprint density at radius 1 is 1.57 bits per heavy atom. The minimum Gasteiger partial charge on any atom is -0.370 e. The SMILES string of the molecule is C[C@@H]1[C@@H](CCCN=C(N)N)C(=O)N1C. The van der Waals surface area contributed by atoms with Crippen molar-refractivity contribution in [1.29, 1.82) is 0 Å². The maximum Gasteiger partial charge on any atom is 0.227 e. The molecule has 0 aromatic carbocycles. The van der Waals surface area contributed by atoms with Crippen LogP contribution in [0.2, 0.25) is 0 Å². The first-order valence-electron chi connectivity index (χ1n) is 4.86.